The van der Waals surface area contributed by atoms with Gasteiger partial charge in [0.05, 0.1) is 18.9 Å². The van der Waals surface area contributed by atoms with E-state index in [-0.39, 0.29) is 19.4 Å². The van der Waals surface area contributed by atoms with Gasteiger partial charge in [0.25, 0.3) is 5.91 Å². The highest BCUT2D eigenvalue weighted by atomic mass is 19.1. The second-order valence-corrected chi connectivity index (χ2v) is 5.69. The molecule has 0 fully saturated rings. The van der Waals surface area contributed by atoms with Gasteiger partial charge in [0, 0.05) is 12.2 Å². The van der Waals surface area contributed by atoms with Crippen molar-refractivity contribution in [3.05, 3.63) is 65.5 Å². The zero-order valence-electron chi connectivity index (χ0n) is 14.4. The van der Waals surface area contributed by atoms with Crippen molar-refractivity contribution in [2.75, 3.05) is 18.1 Å². The summed E-state index contributed by atoms with van der Waals surface area (Å²) in [6.45, 7) is 1.59. The summed E-state index contributed by atoms with van der Waals surface area (Å²) in [5, 5.41) is 8.76. The number of anilines is 1. The van der Waals surface area contributed by atoms with Crippen molar-refractivity contribution in [3.63, 3.8) is 0 Å². The fraction of sp³-hybridized carbons (Fsp3) is 0.250. The summed E-state index contributed by atoms with van der Waals surface area (Å²) in [6.07, 6.45) is 0.189. The fourth-order valence-electron chi connectivity index (χ4n) is 2.42. The second kappa shape index (κ2) is 9.33. The van der Waals surface area contributed by atoms with Gasteiger partial charge in [-0.1, -0.05) is 24.3 Å². The van der Waals surface area contributed by atoms with Crippen molar-refractivity contribution in [2.24, 2.45) is 0 Å². The SMILES string of the molecule is Cc1ccccc1CC(=O)OCC(=O)N(CCC#N)c1ccc(F)cc1. The Bertz CT molecular complexity index is 813. The third kappa shape index (κ3) is 5.42. The van der Waals surface area contributed by atoms with Crippen LogP contribution in [-0.2, 0) is 20.7 Å². The average molecular weight is 354 g/mol. The monoisotopic (exact) mass is 354 g/mol. The molecular formula is C20H19FN2O3. The Morgan fingerprint density at radius 2 is 1.85 bits per heavy atom. The molecule has 0 saturated heterocycles. The first kappa shape index (κ1) is 19.1. The van der Waals surface area contributed by atoms with Gasteiger partial charge in [-0.3, -0.25) is 9.59 Å². The van der Waals surface area contributed by atoms with Crippen LogP contribution in [0.15, 0.2) is 48.5 Å². The normalized spacial score (nSPS) is 10.0. The molecule has 1 amide bonds. The number of hydrogen-bond acceptors (Lipinski definition) is 4. The topological polar surface area (TPSA) is 70.4 Å². The quantitative estimate of drug-likeness (QED) is 0.716. The Hall–Kier alpha value is -3.20. The highest BCUT2D eigenvalue weighted by Crippen LogP contribution is 2.16. The van der Waals surface area contributed by atoms with E-state index in [1.807, 2.05) is 37.3 Å². The highest BCUT2D eigenvalue weighted by Gasteiger charge is 2.18. The molecule has 0 spiro atoms. The largest absolute Gasteiger partial charge is 0.455 e. The van der Waals surface area contributed by atoms with Crippen LogP contribution in [0.4, 0.5) is 10.1 Å². The lowest BCUT2D eigenvalue weighted by Crippen LogP contribution is -2.35. The maximum atomic E-state index is 13.1. The molecule has 26 heavy (non-hydrogen) atoms. The molecule has 0 saturated carbocycles. The van der Waals surface area contributed by atoms with E-state index >= 15 is 0 Å². The lowest BCUT2D eigenvalue weighted by Gasteiger charge is -2.21. The van der Waals surface area contributed by atoms with Crippen molar-refractivity contribution in [3.8, 4) is 6.07 Å². The van der Waals surface area contributed by atoms with Crippen LogP contribution in [0.1, 0.15) is 17.5 Å². The molecule has 6 heteroatoms. The van der Waals surface area contributed by atoms with Gasteiger partial charge in [-0.2, -0.15) is 5.26 Å². The molecule has 0 aliphatic carbocycles. The van der Waals surface area contributed by atoms with Gasteiger partial charge < -0.3 is 9.64 Å². The molecule has 0 radical (unpaired) electrons. The molecule has 0 aliphatic heterocycles. The number of benzene rings is 2. The molecule has 0 aromatic heterocycles. The van der Waals surface area contributed by atoms with Gasteiger partial charge in [0.1, 0.15) is 5.82 Å². The van der Waals surface area contributed by atoms with Crippen LogP contribution in [-0.4, -0.2) is 25.0 Å². The Balaban J connectivity index is 1.98. The van der Waals surface area contributed by atoms with E-state index in [2.05, 4.69) is 0 Å². The molecule has 2 rings (SSSR count). The predicted molar refractivity (Wildman–Crippen MR) is 94.8 cm³/mol. The first-order chi connectivity index (χ1) is 12.5. The van der Waals surface area contributed by atoms with E-state index in [0.29, 0.717) is 5.69 Å². The van der Waals surface area contributed by atoms with Gasteiger partial charge in [-0.25, -0.2) is 4.39 Å². The standard InChI is InChI=1S/C20H19FN2O3/c1-15-5-2-3-6-16(15)13-20(25)26-14-19(24)23(12-4-11-22)18-9-7-17(21)8-10-18/h2-3,5-10H,4,12-14H2,1H3. The zero-order chi connectivity index (χ0) is 18.9. The number of aryl methyl sites for hydroxylation is 1. The summed E-state index contributed by atoms with van der Waals surface area (Å²) < 4.78 is 18.2. The van der Waals surface area contributed by atoms with E-state index < -0.39 is 24.3 Å². The highest BCUT2D eigenvalue weighted by molar-refractivity contribution is 5.95. The van der Waals surface area contributed by atoms with Crippen LogP contribution in [0.2, 0.25) is 0 Å². The minimum Gasteiger partial charge on any atom is -0.455 e. The van der Waals surface area contributed by atoms with Gasteiger partial charge in [0.2, 0.25) is 0 Å². The number of rotatable bonds is 7. The summed E-state index contributed by atoms with van der Waals surface area (Å²) in [7, 11) is 0. The predicted octanol–water partition coefficient (Wildman–Crippen LogP) is 3.17. The number of halogens is 1. The Morgan fingerprint density at radius 3 is 2.50 bits per heavy atom. The van der Waals surface area contributed by atoms with Crippen molar-refractivity contribution < 1.29 is 18.7 Å². The van der Waals surface area contributed by atoms with Crippen LogP contribution in [0, 0.1) is 24.1 Å². The van der Waals surface area contributed by atoms with E-state index in [1.165, 1.54) is 29.2 Å². The third-order valence-corrected chi connectivity index (χ3v) is 3.84. The smallest absolute Gasteiger partial charge is 0.310 e. The van der Waals surface area contributed by atoms with Crippen molar-refractivity contribution in [2.45, 2.75) is 19.8 Å². The minimum atomic E-state index is -0.507. The number of esters is 1. The van der Waals surface area contributed by atoms with Gasteiger partial charge in [0.15, 0.2) is 6.61 Å². The van der Waals surface area contributed by atoms with E-state index in [4.69, 9.17) is 10.00 Å². The van der Waals surface area contributed by atoms with Crippen molar-refractivity contribution in [1.29, 1.82) is 5.26 Å². The van der Waals surface area contributed by atoms with Crippen LogP contribution < -0.4 is 4.90 Å². The molecule has 0 aliphatic rings. The van der Waals surface area contributed by atoms with Gasteiger partial charge in [-0.15, -0.1) is 0 Å². The number of hydrogen-bond donors (Lipinski definition) is 0. The molecule has 0 atom stereocenters. The maximum absolute atomic E-state index is 13.1. The molecule has 134 valence electrons. The molecule has 0 N–H and O–H groups in total. The Labute approximate surface area is 151 Å². The molecular weight excluding hydrogens is 335 g/mol. The number of nitrogens with zero attached hydrogens (tertiary/aromatic N) is 2. The number of amides is 1. The lowest BCUT2D eigenvalue weighted by atomic mass is 10.1. The van der Waals surface area contributed by atoms with Crippen LogP contribution in [0.3, 0.4) is 0 Å². The molecule has 2 aromatic rings. The maximum Gasteiger partial charge on any atom is 0.310 e. The minimum absolute atomic E-state index is 0.0781. The zero-order valence-corrected chi connectivity index (χ0v) is 14.4. The van der Waals surface area contributed by atoms with Crippen LogP contribution in [0.25, 0.3) is 0 Å². The second-order valence-electron chi connectivity index (χ2n) is 5.69. The summed E-state index contributed by atoms with van der Waals surface area (Å²) in [5.41, 5.74) is 2.25. The molecule has 0 heterocycles. The molecule has 2 aromatic carbocycles. The summed E-state index contributed by atoms with van der Waals surface area (Å²) in [5.74, 6) is -1.40. The Morgan fingerprint density at radius 1 is 1.15 bits per heavy atom. The summed E-state index contributed by atoms with van der Waals surface area (Å²) in [4.78, 5) is 25.7. The number of carbonyl (C=O) groups is 2. The molecule has 5 nitrogen and oxygen atoms in total. The van der Waals surface area contributed by atoms with Crippen molar-refractivity contribution in [1.82, 2.24) is 0 Å². The van der Waals surface area contributed by atoms with Crippen LogP contribution >= 0.6 is 0 Å². The first-order valence-corrected chi connectivity index (χ1v) is 8.14. The average Bonchev–Trinajstić information content (AvgIpc) is 2.63. The Kier molecular flexibility index (Phi) is 6.86. The van der Waals surface area contributed by atoms with Gasteiger partial charge in [-0.05, 0) is 42.3 Å². The lowest BCUT2D eigenvalue weighted by molar-refractivity contribution is -0.147. The number of nitriles is 1. The summed E-state index contributed by atoms with van der Waals surface area (Å²) in [6, 6.07) is 14.7. The van der Waals surface area contributed by atoms with Crippen LogP contribution in [0.5, 0.6) is 0 Å². The number of carbonyl (C=O) groups excluding carboxylic acids is 2. The molecule has 0 bridgehead atoms. The van der Waals surface area contributed by atoms with E-state index in [1.54, 1.807) is 0 Å². The number of ether oxygens (including phenoxy) is 1. The van der Waals surface area contributed by atoms with Crippen molar-refractivity contribution >= 4 is 17.6 Å². The summed E-state index contributed by atoms with van der Waals surface area (Å²) >= 11 is 0. The van der Waals surface area contributed by atoms with E-state index in [9.17, 15) is 14.0 Å². The van der Waals surface area contributed by atoms with E-state index in [0.717, 1.165) is 11.1 Å². The third-order valence-electron chi connectivity index (χ3n) is 3.84. The molecule has 0 unspecified atom stereocenters. The van der Waals surface area contributed by atoms with Gasteiger partial charge >= 0.3 is 5.97 Å². The first-order valence-electron chi connectivity index (χ1n) is 8.14. The fourth-order valence-corrected chi connectivity index (χ4v) is 2.42.